The van der Waals surface area contributed by atoms with Gasteiger partial charge in [-0.15, -0.1) is 11.3 Å². The first-order chi connectivity index (χ1) is 11.1. The SMILES string of the molecule is O=C(Cc1cccc(Br)c1F)Nc1nc(-c2ccccc2)cs1. The Hall–Kier alpha value is -2.05. The molecule has 0 aliphatic heterocycles. The van der Waals surface area contributed by atoms with E-state index in [2.05, 4.69) is 26.2 Å². The maximum absolute atomic E-state index is 13.9. The van der Waals surface area contributed by atoms with Gasteiger partial charge in [-0.05, 0) is 27.6 Å². The fraction of sp³-hybridized carbons (Fsp3) is 0.0588. The number of hydrogen-bond acceptors (Lipinski definition) is 3. The lowest BCUT2D eigenvalue weighted by Gasteiger charge is -2.04. The second-order valence-corrected chi connectivity index (χ2v) is 6.55. The van der Waals surface area contributed by atoms with Crippen LogP contribution in [-0.4, -0.2) is 10.9 Å². The second kappa shape index (κ2) is 7.02. The summed E-state index contributed by atoms with van der Waals surface area (Å²) in [6, 6.07) is 14.6. The highest BCUT2D eigenvalue weighted by atomic mass is 79.9. The van der Waals surface area contributed by atoms with Gasteiger partial charge in [0, 0.05) is 10.9 Å². The molecule has 0 saturated heterocycles. The van der Waals surface area contributed by atoms with Crippen LogP contribution >= 0.6 is 27.3 Å². The number of benzene rings is 2. The highest BCUT2D eigenvalue weighted by Gasteiger charge is 2.12. The number of nitrogens with zero attached hydrogens (tertiary/aromatic N) is 1. The van der Waals surface area contributed by atoms with Gasteiger partial charge < -0.3 is 5.32 Å². The molecule has 1 amide bonds. The summed E-state index contributed by atoms with van der Waals surface area (Å²) in [5, 5.41) is 5.10. The molecule has 1 aromatic heterocycles. The quantitative estimate of drug-likeness (QED) is 0.688. The Labute approximate surface area is 145 Å². The number of anilines is 1. The Morgan fingerprint density at radius 1 is 1.17 bits per heavy atom. The van der Waals surface area contributed by atoms with Gasteiger partial charge in [0.15, 0.2) is 5.13 Å². The summed E-state index contributed by atoms with van der Waals surface area (Å²) in [5.41, 5.74) is 2.14. The zero-order valence-corrected chi connectivity index (χ0v) is 14.3. The minimum Gasteiger partial charge on any atom is -0.302 e. The number of carbonyl (C=O) groups is 1. The van der Waals surface area contributed by atoms with Gasteiger partial charge in [0.25, 0.3) is 0 Å². The summed E-state index contributed by atoms with van der Waals surface area (Å²) in [5.74, 6) is -0.706. The number of nitrogens with one attached hydrogen (secondary N) is 1. The van der Waals surface area contributed by atoms with Crippen molar-refractivity contribution in [2.45, 2.75) is 6.42 Å². The Balaban J connectivity index is 1.69. The lowest BCUT2D eigenvalue weighted by atomic mass is 10.1. The molecule has 0 fully saturated rings. The predicted octanol–water partition coefficient (Wildman–Crippen LogP) is 4.89. The summed E-state index contributed by atoms with van der Waals surface area (Å²) in [6.07, 6.45) is -0.0362. The van der Waals surface area contributed by atoms with E-state index in [0.717, 1.165) is 11.3 Å². The van der Waals surface area contributed by atoms with Crippen molar-refractivity contribution in [1.29, 1.82) is 0 Å². The summed E-state index contributed by atoms with van der Waals surface area (Å²) in [7, 11) is 0. The highest BCUT2D eigenvalue weighted by Crippen LogP contribution is 2.25. The fourth-order valence-corrected chi connectivity index (χ4v) is 3.24. The Bertz CT molecular complexity index is 836. The molecule has 0 radical (unpaired) electrons. The molecule has 23 heavy (non-hydrogen) atoms. The molecule has 1 N–H and O–H groups in total. The van der Waals surface area contributed by atoms with Crippen molar-refractivity contribution < 1.29 is 9.18 Å². The average Bonchev–Trinajstić information content (AvgIpc) is 3.01. The first kappa shape index (κ1) is 15.8. The number of carbonyl (C=O) groups excluding carboxylic acids is 1. The maximum Gasteiger partial charge on any atom is 0.230 e. The molecule has 0 atom stereocenters. The summed E-state index contributed by atoms with van der Waals surface area (Å²) < 4.78 is 14.2. The van der Waals surface area contributed by atoms with Gasteiger partial charge in [0.05, 0.1) is 16.6 Å². The van der Waals surface area contributed by atoms with Crippen LogP contribution in [0.5, 0.6) is 0 Å². The first-order valence-electron chi connectivity index (χ1n) is 6.87. The summed E-state index contributed by atoms with van der Waals surface area (Å²) >= 11 is 4.46. The van der Waals surface area contributed by atoms with Crippen molar-refractivity contribution in [1.82, 2.24) is 4.98 Å². The van der Waals surface area contributed by atoms with E-state index >= 15 is 0 Å². The molecule has 0 aliphatic rings. The molecular formula is C17H12BrFN2OS. The van der Waals surface area contributed by atoms with Crippen LogP contribution in [0.3, 0.4) is 0 Å². The van der Waals surface area contributed by atoms with E-state index in [4.69, 9.17) is 0 Å². The smallest absolute Gasteiger partial charge is 0.230 e. The van der Waals surface area contributed by atoms with Crippen LogP contribution in [0.2, 0.25) is 0 Å². The molecule has 3 nitrogen and oxygen atoms in total. The topological polar surface area (TPSA) is 42.0 Å². The molecular weight excluding hydrogens is 379 g/mol. The van der Waals surface area contributed by atoms with E-state index in [0.29, 0.717) is 15.2 Å². The molecule has 0 unspecified atom stereocenters. The zero-order valence-electron chi connectivity index (χ0n) is 11.9. The molecule has 3 aromatic rings. The van der Waals surface area contributed by atoms with Gasteiger partial charge >= 0.3 is 0 Å². The van der Waals surface area contributed by atoms with E-state index in [1.165, 1.54) is 11.3 Å². The number of thiazole rings is 1. The predicted molar refractivity (Wildman–Crippen MR) is 94.0 cm³/mol. The van der Waals surface area contributed by atoms with Gasteiger partial charge in [0.1, 0.15) is 5.82 Å². The third-order valence-corrected chi connectivity index (χ3v) is 4.57. The van der Waals surface area contributed by atoms with Crippen molar-refractivity contribution in [3.05, 3.63) is 69.8 Å². The van der Waals surface area contributed by atoms with Crippen LogP contribution in [-0.2, 0) is 11.2 Å². The second-order valence-electron chi connectivity index (χ2n) is 4.84. The van der Waals surface area contributed by atoms with Crippen LogP contribution in [0.15, 0.2) is 58.4 Å². The van der Waals surface area contributed by atoms with Crippen LogP contribution in [0, 0.1) is 5.82 Å². The fourth-order valence-electron chi connectivity index (χ4n) is 2.09. The third kappa shape index (κ3) is 3.83. The lowest BCUT2D eigenvalue weighted by Crippen LogP contribution is -2.15. The largest absolute Gasteiger partial charge is 0.302 e. The highest BCUT2D eigenvalue weighted by molar-refractivity contribution is 9.10. The molecule has 6 heteroatoms. The van der Waals surface area contributed by atoms with E-state index in [9.17, 15) is 9.18 Å². The van der Waals surface area contributed by atoms with Gasteiger partial charge in [0.2, 0.25) is 5.91 Å². The van der Waals surface area contributed by atoms with Crippen LogP contribution in [0.1, 0.15) is 5.56 Å². The zero-order chi connectivity index (χ0) is 16.2. The minimum absolute atomic E-state index is 0.0362. The molecule has 0 bridgehead atoms. The normalized spacial score (nSPS) is 10.5. The van der Waals surface area contributed by atoms with E-state index in [1.54, 1.807) is 18.2 Å². The molecule has 116 valence electrons. The summed E-state index contributed by atoms with van der Waals surface area (Å²) in [6.45, 7) is 0. The number of rotatable bonds is 4. The van der Waals surface area contributed by atoms with Crippen molar-refractivity contribution in [2.75, 3.05) is 5.32 Å². The average molecular weight is 391 g/mol. The van der Waals surface area contributed by atoms with E-state index in [1.807, 2.05) is 35.7 Å². The number of aromatic nitrogens is 1. The van der Waals surface area contributed by atoms with Crippen LogP contribution in [0.4, 0.5) is 9.52 Å². The Morgan fingerprint density at radius 2 is 1.96 bits per heavy atom. The number of hydrogen-bond donors (Lipinski definition) is 1. The molecule has 0 aliphatic carbocycles. The van der Waals surface area contributed by atoms with Crippen molar-refractivity contribution in [3.63, 3.8) is 0 Å². The van der Waals surface area contributed by atoms with E-state index < -0.39 is 5.82 Å². The Morgan fingerprint density at radius 3 is 2.74 bits per heavy atom. The Kier molecular flexibility index (Phi) is 4.83. The lowest BCUT2D eigenvalue weighted by molar-refractivity contribution is -0.115. The van der Waals surface area contributed by atoms with Gasteiger partial charge in [-0.3, -0.25) is 4.79 Å². The van der Waals surface area contributed by atoms with Gasteiger partial charge in [-0.1, -0.05) is 42.5 Å². The van der Waals surface area contributed by atoms with Crippen molar-refractivity contribution in [3.8, 4) is 11.3 Å². The number of halogens is 2. The first-order valence-corrected chi connectivity index (χ1v) is 8.54. The molecule has 0 spiro atoms. The standard InChI is InChI=1S/C17H12BrFN2OS/c18-13-8-4-7-12(16(13)19)9-15(22)21-17-20-14(10-23-17)11-5-2-1-3-6-11/h1-8,10H,9H2,(H,20,21,22). The third-order valence-electron chi connectivity index (χ3n) is 3.20. The minimum atomic E-state index is -0.410. The monoisotopic (exact) mass is 390 g/mol. The van der Waals surface area contributed by atoms with Crippen LogP contribution < -0.4 is 5.32 Å². The van der Waals surface area contributed by atoms with Crippen molar-refractivity contribution >= 4 is 38.3 Å². The molecule has 1 heterocycles. The van der Waals surface area contributed by atoms with Gasteiger partial charge in [-0.25, -0.2) is 9.37 Å². The van der Waals surface area contributed by atoms with Gasteiger partial charge in [-0.2, -0.15) is 0 Å². The van der Waals surface area contributed by atoms with E-state index in [-0.39, 0.29) is 12.3 Å². The van der Waals surface area contributed by atoms with Crippen molar-refractivity contribution in [2.24, 2.45) is 0 Å². The molecule has 0 saturated carbocycles. The van der Waals surface area contributed by atoms with Crippen LogP contribution in [0.25, 0.3) is 11.3 Å². The maximum atomic E-state index is 13.9. The summed E-state index contributed by atoms with van der Waals surface area (Å²) in [4.78, 5) is 16.5. The molecule has 3 rings (SSSR count). The number of amides is 1. The molecule has 2 aromatic carbocycles.